The number of hydrogen-bond acceptors (Lipinski definition) is 5. The molecule has 1 heterocycles. The summed E-state index contributed by atoms with van der Waals surface area (Å²) in [5, 5.41) is 4.01. The first kappa shape index (κ1) is 14.4. The van der Waals surface area contributed by atoms with Gasteiger partial charge in [0.15, 0.2) is 5.82 Å². The molecule has 0 aliphatic rings. The number of anilines is 1. The van der Waals surface area contributed by atoms with Crippen molar-refractivity contribution in [1.29, 1.82) is 0 Å². The van der Waals surface area contributed by atoms with E-state index in [1.807, 2.05) is 0 Å². The molecule has 9 heteroatoms. The fourth-order valence-corrected chi connectivity index (χ4v) is 2.70. The lowest BCUT2D eigenvalue weighted by atomic mass is 10.3. The Kier molecular flexibility index (Phi) is 4.00. The summed E-state index contributed by atoms with van der Waals surface area (Å²) in [6.45, 7) is 0.0795. The Morgan fingerprint density at radius 2 is 2.20 bits per heavy atom. The van der Waals surface area contributed by atoms with E-state index < -0.39 is 20.7 Å². The highest BCUT2D eigenvalue weighted by Gasteiger charge is 2.18. The standard InChI is InChI=1S/C11H14FN5O2S/c1-17-7-14-11(16-17)4-5-15-20(18,19)10-3-2-8(13)6-9(10)12/h2-3,6-7,15H,4-5,13H2,1H3. The molecule has 7 nitrogen and oxygen atoms in total. The lowest BCUT2D eigenvalue weighted by Crippen LogP contribution is -2.27. The Balaban J connectivity index is 2.04. The van der Waals surface area contributed by atoms with Crippen molar-refractivity contribution >= 4 is 15.7 Å². The van der Waals surface area contributed by atoms with Gasteiger partial charge < -0.3 is 5.73 Å². The van der Waals surface area contributed by atoms with Crippen LogP contribution in [0.1, 0.15) is 5.82 Å². The second-order valence-electron chi connectivity index (χ2n) is 4.17. The van der Waals surface area contributed by atoms with Crippen molar-refractivity contribution in [3.8, 4) is 0 Å². The monoisotopic (exact) mass is 299 g/mol. The van der Waals surface area contributed by atoms with Crippen molar-refractivity contribution in [2.75, 3.05) is 12.3 Å². The fourth-order valence-electron chi connectivity index (χ4n) is 1.61. The van der Waals surface area contributed by atoms with E-state index in [1.165, 1.54) is 17.1 Å². The first-order valence-electron chi connectivity index (χ1n) is 5.78. The average Bonchev–Trinajstić information content (AvgIpc) is 2.74. The van der Waals surface area contributed by atoms with Crippen LogP contribution in [-0.2, 0) is 23.5 Å². The summed E-state index contributed by atoms with van der Waals surface area (Å²) < 4.78 is 41.2. The van der Waals surface area contributed by atoms with Gasteiger partial charge in [-0.1, -0.05) is 0 Å². The van der Waals surface area contributed by atoms with Crippen LogP contribution in [0.4, 0.5) is 10.1 Å². The number of nitrogens with two attached hydrogens (primary N) is 1. The van der Waals surface area contributed by atoms with Gasteiger partial charge >= 0.3 is 0 Å². The highest BCUT2D eigenvalue weighted by atomic mass is 32.2. The number of rotatable bonds is 5. The number of sulfonamides is 1. The molecular formula is C11H14FN5O2S. The number of aryl methyl sites for hydroxylation is 1. The maximum atomic E-state index is 13.6. The molecule has 0 spiro atoms. The average molecular weight is 299 g/mol. The lowest BCUT2D eigenvalue weighted by Gasteiger charge is -2.07. The van der Waals surface area contributed by atoms with Gasteiger partial charge in [-0.2, -0.15) is 5.10 Å². The lowest BCUT2D eigenvalue weighted by molar-refractivity contribution is 0.557. The quantitative estimate of drug-likeness (QED) is 0.760. The molecule has 0 aliphatic carbocycles. The fraction of sp³-hybridized carbons (Fsp3) is 0.273. The SMILES string of the molecule is Cn1cnc(CCNS(=O)(=O)c2ccc(N)cc2F)n1. The van der Waals surface area contributed by atoms with Crippen LogP contribution in [0, 0.1) is 5.82 Å². The first-order chi connectivity index (χ1) is 9.38. The molecule has 1 aromatic carbocycles. The van der Waals surface area contributed by atoms with E-state index in [9.17, 15) is 12.8 Å². The predicted molar refractivity (Wildman–Crippen MR) is 70.7 cm³/mol. The van der Waals surface area contributed by atoms with E-state index in [-0.39, 0.29) is 12.2 Å². The summed E-state index contributed by atoms with van der Waals surface area (Å²) in [5.74, 6) is -0.374. The van der Waals surface area contributed by atoms with Gasteiger partial charge in [0, 0.05) is 25.7 Å². The Bertz CT molecular complexity index is 713. The van der Waals surface area contributed by atoms with Crippen LogP contribution >= 0.6 is 0 Å². The smallest absolute Gasteiger partial charge is 0.243 e. The third-order valence-corrected chi connectivity index (χ3v) is 4.03. The van der Waals surface area contributed by atoms with E-state index in [2.05, 4.69) is 14.8 Å². The maximum Gasteiger partial charge on any atom is 0.243 e. The number of hydrogen-bond donors (Lipinski definition) is 2. The highest BCUT2D eigenvalue weighted by Crippen LogP contribution is 2.16. The van der Waals surface area contributed by atoms with Crippen molar-refractivity contribution in [3.05, 3.63) is 36.2 Å². The van der Waals surface area contributed by atoms with Gasteiger partial charge in [-0.25, -0.2) is 22.5 Å². The predicted octanol–water partition coefficient (Wildman–Crippen LogP) is 0.0574. The zero-order valence-corrected chi connectivity index (χ0v) is 11.6. The molecule has 0 aliphatic heterocycles. The summed E-state index contributed by atoms with van der Waals surface area (Å²) in [4.78, 5) is 3.53. The largest absolute Gasteiger partial charge is 0.399 e. The van der Waals surface area contributed by atoms with Crippen molar-refractivity contribution in [2.24, 2.45) is 7.05 Å². The molecule has 0 amide bonds. The van der Waals surface area contributed by atoms with E-state index in [0.29, 0.717) is 12.2 Å². The van der Waals surface area contributed by atoms with E-state index in [0.717, 1.165) is 12.1 Å². The molecule has 0 saturated carbocycles. The Morgan fingerprint density at radius 1 is 1.45 bits per heavy atom. The number of nitrogens with one attached hydrogen (secondary N) is 1. The maximum absolute atomic E-state index is 13.6. The number of halogens is 1. The number of aromatic nitrogens is 3. The van der Waals surface area contributed by atoms with Crippen molar-refractivity contribution in [3.63, 3.8) is 0 Å². The van der Waals surface area contributed by atoms with Gasteiger partial charge in [0.1, 0.15) is 17.0 Å². The molecule has 2 rings (SSSR count). The molecule has 2 aromatic rings. The zero-order chi connectivity index (χ0) is 14.8. The minimum Gasteiger partial charge on any atom is -0.399 e. The molecular weight excluding hydrogens is 285 g/mol. The van der Waals surface area contributed by atoms with Crippen molar-refractivity contribution < 1.29 is 12.8 Å². The molecule has 20 heavy (non-hydrogen) atoms. The van der Waals surface area contributed by atoms with Crippen LogP contribution in [0.3, 0.4) is 0 Å². The van der Waals surface area contributed by atoms with Crippen LogP contribution in [0.2, 0.25) is 0 Å². The van der Waals surface area contributed by atoms with Gasteiger partial charge in [0.2, 0.25) is 10.0 Å². The van der Waals surface area contributed by atoms with E-state index in [1.54, 1.807) is 7.05 Å². The minimum atomic E-state index is -3.91. The van der Waals surface area contributed by atoms with Crippen LogP contribution in [0.15, 0.2) is 29.4 Å². The van der Waals surface area contributed by atoms with Gasteiger partial charge in [-0.3, -0.25) is 4.68 Å². The molecule has 0 unspecified atom stereocenters. The Hall–Kier alpha value is -2.00. The van der Waals surface area contributed by atoms with Gasteiger partial charge in [-0.15, -0.1) is 0 Å². The minimum absolute atomic E-state index is 0.0795. The van der Waals surface area contributed by atoms with Crippen molar-refractivity contribution in [1.82, 2.24) is 19.5 Å². The van der Waals surface area contributed by atoms with E-state index in [4.69, 9.17) is 5.73 Å². The molecule has 108 valence electrons. The third kappa shape index (κ3) is 3.31. The zero-order valence-electron chi connectivity index (χ0n) is 10.7. The molecule has 0 saturated heterocycles. The van der Waals surface area contributed by atoms with Crippen molar-refractivity contribution in [2.45, 2.75) is 11.3 Å². The van der Waals surface area contributed by atoms with Crippen LogP contribution in [0.5, 0.6) is 0 Å². The topological polar surface area (TPSA) is 103 Å². The van der Waals surface area contributed by atoms with E-state index >= 15 is 0 Å². The van der Waals surface area contributed by atoms with Crippen LogP contribution in [0.25, 0.3) is 0 Å². The van der Waals surface area contributed by atoms with Crippen LogP contribution < -0.4 is 10.5 Å². The number of nitrogen functional groups attached to an aromatic ring is 1. The highest BCUT2D eigenvalue weighted by molar-refractivity contribution is 7.89. The van der Waals surface area contributed by atoms with Crippen LogP contribution in [-0.4, -0.2) is 29.7 Å². The second kappa shape index (κ2) is 5.55. The number of nitrogens with zero attached hydrogens (tertiary/aromatic N) is 3. The Morgan fingerprint density at radius 3 is 2.80 bits per heavy atom. The molecule has 1 aromatic heterocycles. The molecule has 0 radical (unpaired) electrons. The summed E-state index contributed by atoms with van der Waals surface area (Å²) >= 11 is 0. The summed E-state index contributed by atoms with van der Waals surface area (Å²) in [6.07, 6.45) is 1.83. The Labute approximate surface area is 115 Å². The molecule has 0 bridgehead atoms. The van der Waals surface area contributed by atoms with Gasteiger partial charge in [0.25, 0.3) is 0 Å². The molecule has 0 atom stereocenters. The van der Waals surface area contributed by atoms with Gasteiger partial charge in [-0.05, 0) is 18.2 Å². The third-order valence-electron chi connectivity index (χ3n) is 2.53. The summed E-state index contributed by atoms with van der Waals surface area (Å²) in [7, 11) is -2.20. The second-order valence-corrected chi connectivity index (χ2v) is 5.91. The molecule has 0 fully saturated rings. The molecule has 3 N–H and O–H groups in total. The first-order valence-corrected chi connectivity index (χ1v) is 7.26. The number of benzene rings is 1. The van der Waals surface area contributed by atoms with Gasteiger partial charge in [0.05, 0.1) is 0 Å². The normalized spacial score (nSPS) is 11.7. The summed E-state index contributed by atoms with van der Waals surface area (Å²) in [5.41, 5.74) is 5.54. The summed E-state index contributed by atoms with van der Waals surface area (Å²) in [6, 6.07) is 3.43.